The van der Waals surface area contributed by atoms with Gasteiger partial charge in [-0.2, -0.15) is 0 Å². The van der Waals surface area contributed by atoms with E-state index in [0.717, 1.165) is 5.56 Å². The number of aryl methyl sites for hydroxylation is 2. The predicted octanol–water partition coefficient (Wildman–Crippen LogP) is 4.33. The second kappa shape index (κ2) is 10.3. The van der Waals surface area contributed by atoms with E-state index in [9.17, 15) is 9.59 Å². The van der Waals surface area contributed by atoms with Gasteiger partial charge in [-0.05, 0) is 26.0 Å². The molecule has 0 amide bonds. The fourth-order valence-corrected chi connectivity index (χ4v) is 1.36. The summed E-state index contributed by atoms with van der Waals surface area (Å²) in [4.78, 5) is 22.2. The van der Waals surface area contributed by atoms with Gasteiger partial charge in [-0.15, -0.1) is 0 Å². The second-order valence-corrected chi connectivity index (χ2v) is 15.7. The van der Waals surface area contributed by atoms with E-state index in [-0.39, 0.29) is 18.1 Å². The zero-order valence-electron chi connectivity index (χ0n) is 11.7. The average molecular weight is 569 g/mol. The van der Waals surface area contributed by atoms with Crippen LogP contribution in [0, 0.1) is 13.8 Å². The van der Waals surface area contributed by atoms with Gasteiger partial charge in [0.25, 0.3) is 0 Å². The Bertz CT molecular complexity index is 649. The molecule has 1 aromatic carbocycles. The van der Waals surface area contributed by atoms with Crippen LogP contribution in [0.4, 0.5) is 4.79 Å². The van der Waals surface area contributed by atoms with E-state index >= 15 is 0 Å². The molecule has 119 valence electrons. The summed E-state index contributed by atoms with van der Waals surface area (Å²) in [5.41, 5.74) is 1.05. The molecule has 0 saturated heterocycles. The summed E-state index contributed by atoms with van der Waals surface area (Å²) in [7, 11) is 0.628. The third-order valence-corrected chi connectivity index (χ3v) is 2.38. The van der Waals surface area contributed by atoms with Gasteiger partial charge in [0.15, 0.2) is 18.1 Å². The Morgan fingerprint density at radius 1 is 1.18 bits per heavy atom. The van der Waals surface area contributed by atoms with E-state index in [1.807, 2.05) is 19.1 Å². The van der Waals surface area contributed by atoms with E-state index < -0.39 is 12.0 Å². The Morgan fingerprint density at radius 3 is 2.27 bits per heavy atom. The van der Waals surface area contributed by atoms with Crippen LogP contribution in [0.25, 0.3) is 0 Å². The molecule has 9 heteroatoms. The predicted molar refractivity (Wildman–Crippen MR) is 92.0 cm³/mol. The fraction of sp³-hybridized carbons (Fsp3) is 0.231. The van der Waals surface area contributed by atoms with Crippen molar-refractivity contribution in [3.63, 3.8) is 0 Å². The fourth-order valence-electron chi connectivity index (χ4n) is 1.36. The first-order valence-electron chi connectivity index (χ1n) is 5.89. The van der Waals surface area contributed by atoms with Crippen LogP contribution in [-0.4, -0.2) is 6.16 Å². The number of rotatable bonds is 3. The van der Waals surface area contributed by atoms with Gasteiger partial charge in [-0.25, -0.2) is 9.59 Å². The number of carbonyl (C=O) groups excluding carboxylic acids is 1. The third-order valence-electron chi connectivity index (χ3n) is 2.38. The molecule has 2 aromatic rings. The van der Waals surface area contributed by atoms with Gasteiger partial charge >= 0.3 is 61.4 Å². The summed E-state index contributed by atoms with van der Waals surface area (Å²) in [6.45, 7) is 3.24. The van der Waals surface area contributed by atoms with E-state index in [2.05, 4.69) is 48.8 Å². The van der Waals surface area contributed by atoms with Crippen LogP contribution in [0.5, 0.6) is 5.75 Å². The molecule has 0 saturated carbocycles. The zero-order chi connectivity index (χ0) is 16.5. The molecule has 1 aromatic heterocycles. The number of hydrogen-bond donors (Lipinski definition) is 0. The molecule has 0 aliphatic rings. The molecule has 2 rings (SSSR count). The topological polar surface area (TPSA) is 78.9 Å². The van der Waals surface area contributed by atoms with Crippen molar-refractivity contribution in [2.75, 3.05) is 0 Å². The summed E-state index contributed by atoms with van der Waals surface area (Å²) in [6, 6.07) is 6.92. The summed E-state index contributed by atoms with van der Waals surface area (Å²) in [6.07, 6.45) is -0.882. The minimum absolute atomic E-state index is 0.158. The zero-order valence-corrected chi connectivity index (χ0v) is 17.4. The minimum atomic E-state index is -0.882. The maximum atomic E-state index is 11.4. The first-order valence-corrected chi connectivity index (χ1v) is 14.9. The summed E-state index contributed by atoms with van der Waals surface area (Å²) >= 11 is 4.74. The van der Waals surface area contributed by atoms with Gasteiger partial charge in [0.1, 0.15) is 5.75 Å². The molecule has 0 aliphatic carbocycles. The molecule has 0 atom stereocenters. The number of halogens is 2. The van der Waals surface area contributed by atoms with Crippen molar-refractivity contribution in [2.24, 2.45) is 0 Å². The molecule has 0 fully saturated rings. The van der Waals surface area contributed by atoms with Crippen LogP contribution in [-0.2, 0) is 20.8 Å². The molecular formula is C13H12I2O6V. The molecule has 0 bridgehead atoms. The maximum absolute atomic E-state index is 11.4. The quantitative estimate of drug-likeness (QED) is 0.312. The Hall–Kier alpha value is -0.456. The molecule has 0 unspecified atom stereocenters. The van der Waals surface area contributed by atoms with Gasteiger partial charge in [0, 0.05) is 0 Å². The number of hydrogen-bond acceptors (Lipinski definition) is 6. The van der Waals surface area contributed by atoms with Crippen molar-refractivity contribution in [3.05, 3.63) is 52.0 Å². The van der Waals surface area contributed by atoms with Crippen LogP contribution in [0.1, 0.15) is 17.1 Å². The van der Waals surface area contributed by atoms with E-state index in [1.54, 1.807) is 12.1 Å². The Labute approximate surface area is 155 Å². The summed E-state index contributed by atoms with van der Waals surface area (Å²) < 4.78 is 19.0. The summed E-state index contributed by atoms with van der Waals surface area (Å²) in [5, 5.41) is 0. The van der Waals surface area contributed by atoms with Crippen molar-refractivity contribution in [2.45, 2.75) is 20.5 Å². The summed E-state index contributed by atoms with van der Waals surface area (Å²) in [5.74, 6) is -0.0250. The Kier molecular flexibility index (Phi) is 9.21. The van der Waals surface area contributed by atoms with Crippen molar-refractivity contribution >= 4 is 46.1 Å². The molecular weight excluding hydrogens is 557 g/mol. The van der Waals surface area contributed by atoms with Crippen LogP contribution in [0.3, 0.4) is 0 Å². The number of carbonyl (C=O) groups is 1. The van der Waals surface area contributed by atoms with Crippen LogP contribution >= 0.6 is 40.0 Å². The number of ether oxygens (including phenoxy) is 2. The normalized spacial score (nSPS) is 9.45. The van der Waals surface area contributed by atoms with Crippen molar-refractivity contribution in [1.29, 1.82) is 0 Å². The SMILES string of the molecule is Cc1ccc(OC(=O)OCc2oc(=O)oc2C)cc1.[I][V][I]. The van der Waals surface area contributed by atoms with Gasteiger partial charge in [0.05, 0.1) is 0 Å². The van der Waals surface area contributed by atoms with Crippen molar-refractivity contribution in [3.8, 4) is 5.75 Å². The molecule has 6 nitrogen and oxygen atoms in total. The van der Waals surface area contributed by atoms with E-state index in [0.29, 0.717) is 15.2 Å². The Morgan fingerprint density at radius 2 is 1.77 bits per heavy atom. The van der Waals surface area contributed by atoms with Crippen LogP contribution < -0.4 is 10.6 Å². The van der Waals surface area contributed by atoms with Gasteiger partial charge in [0.2, 0.25) is 0 Å². The average Bonchev–Trinajstić information content (AvgIpc) is 2.78. The monoisotopic (exact) mass is 569 g/mol. The molecule has 0 N–H and O–H groups in total. The van der Waals surface area contributed by atoms with E-state index in [1.165, 1.54) is 6.92 Å². The van der Waals surface area contributed by atoms with Crippen LogP contribution in [0.2, 0.25) is 0 Å². The van der Waals surface area contributed by atoms with Crippen molar-refractivity contribution in [1.82, 2.24) is 0 Å². The van der Waals surface area contributed by atoms with Gasteiger partial charge in [-0.3, -0.25) is 0 Å². The van der Waals surface area contributed by atoms with E-state index in [4.69, 9.17) is 9.47 Å². The van der Waals surface area contributed by atoms with Gasteiger partial charge < -0.3 is 18.3 Å². The van der Waals surface area contributed by atoms with Crippen LogP contribution in [0.15, 0.2) is 37.9 Å². The number of benzene rings is 1. The Balaban J connectivity index is 0.000000745. The molecule has 0 radical (unpaired) electrons. The first kappa shape index (κ1) is 19.6. The van der Waals surface area contributed by atoms with Crippen molar-refractivity contribution < 1.29 is 32.6 Å². The molecule has 1 heterocycles. The van der Waals surface area contributed by atoms with Gasteiger partial charge in [-0.1, -0.05) is 17.7 Å². The molecule has 0 aliphatic heterocycles. The molecule has 22 heavy (non-hydrogen) atoms. The standard InChI is InChI=1S/C13H12O6.2HI.V/c1-8-3-5-10(6-4-8)18-12(14)16-7-11-9(2)17-13(15)19-11;;;/h3-6H,7H2,1-2H3;2*1H;/q;;;+2/p-2. The second-order valence-electron chi connectivity index (χ2n) is 3.95. The molecule has 0 spiro atoms. The third kappa shape index (κ3) is 7.20. The first-order chi connectivity index (χ1) is 10.5.